The molecule has 0 N–H and O–H groups in total. The molecule has 0 bridgehead atoms. The molecule has 1 aliphatic carbocycles. The number of halogens is 1. The van der Waals surface area contributed by atoms with Crippen molar-refractivity contribution < 1.29 is 14.3 Å². The summed E-state index contributed by atoms with van der Waals surface area (Å²) >= 11 is 6.05. The van der Waals surface area contributed by atoms with Gasteiger partial charge in [-0.15, -0.1) is 0 Å². The Kier molecular flexibility index (Phi) is 1.34. The number of carbonyl (C=O) groups is 1. The van der Waals surface area contributed by atoms with E-state index in [1.165, 1.54) is 0 Å². The normalized spacial score (nSPS) is 43.5. The van der Waals surface area contributed by atoms with Gasteiger partial charge in [-0.1, -0.05) is 11.6 Å². The summed E-state index contributed by atoms with van der Waals surface area (Å²) in [6, 6.07) is 0. The van der Waals surface area contributed by atoms with Crippen LogP contribution in [0.2, 0.25) is 0 Å². The Balaban J connectivity index is 2.17. The topological polar surface area (TPSA) is 35.5 Å². The largest absolute Gasteiger partial charge is 0.510 e. The van der Waals surface area contributed by atoms with Crippen LogP contribution >= 0.6 is 11.6 Å². The first kappa shape index (κ1) is 7.22. The second-order valence-corrected chi connectivity index (χ2v) is 3.67. The van der Waals surface area contributed by atoms with E-state index in [0.717, 1.165) is 12.8 Å². The first-order valence-corrected chi connectivity index (χ1v) is 4.09. The van der Waals surface area contributed by atoms with E-state index in [1.54, 1.807) is 6.92 Å². The van der Waals surface area contributed by atoms with Gasteiger partial charge < -0.3 is 9.47 Å². The predicted molar refractivity (Wildman–Crippen MR) is 38.3 cm³/mol. The Morgan fingerprint density at radius 1 is 1.64 bits per heavy atom. The summed E-state index contributed by atoms with van der Waals surface area (Å²) in [5.74, 6) is 0.297. The molecule has 11 heavy (non-hydrogen) atoms. The highest BCUT2D eigenvalue weighted by Crippen LogP contribution is 2.49. The molecule has 2 unspecified atom stereocenters. The second kappa shape index (κ2) is 2.03. The summed E-state index contributed by atoms with van der Waals surface area (Å²) in [5.41, 5.74) is 0. The maximum atomic E-state index is 10.7. The highest BCUT2D eigenvalue weighted by Gasteiger charge is 2.57. The highest BCUT2D eigenvalue weighted by atomic mass is 35.5. The van der Waals surface area contributed by atoms with Gasteiger partial charge in [-0.3, -0.25) is 0 Å². The number of carbonyl (C=O) groups excluding carboxylic acids is 1. The Hall–Kier alpha value is -0.440. The van der Waals surface area contributed by atoms with Gasteiger partial charge in [0.2, 0.25) is 5.06 Å². The van der Waals surface area contributed by atoms with Crippen molar-refractivity contribution in [3.05, 3.63) is 0 Å². The molecule has 1 heterocycles. The number of alkyl halides is 1. The van der Waals surface area contributed by atoms with Crippen molar-refractivity contribution in [3.63, 3.8) is 0 Å². The molecule has 3 nitrogen and oxygen atoms in total. The third kappa shape index (κ3) is 0.984. The number of rotatable bonds is 1. The lowest BCUT2D eigenvalue weighted by atomic mass is 10.1. The predicted octanol–water partition coefficient (Wildman–Crippen LogP) is 1.89. The monoisotopic (exact) mass is 176 g/mol. The standard InChI is InChI=1S/C7H9ClO3/c1-4-7(8,5-2-3-5)11-6(9)10-4/h4-5H,2-3H2,1H3. The summed E-state index contributed by atoms with van der Waals surface area (Å²) in [5, 5.41) is -0.864. The van der Waals surface area contributed by atoms with Crippen LogP contribution in [0.5, 0.6) is 0 Å². The van der Waals surface area contributed by atoms with Crippen LogP contribution < -0.4 is 0 Å². The van der Waals surface area contributed by atoms with Gasteiger partial charge in [0.25, 0.3) is 0 Å². The smallest absolute Gasteiger partial charge is 0.426 e. The van der Waals surface area contributed by atoms with Gasteiger partial charge in [0, 0.05) is 5.92 Å². The van der Waals surface area contributed by atoms with Gasteiger partial charge >= 0.3 is 6.16 Å². The van der Waals surface area contributed by atoms with Gasteiger partial charge in [0.05, 0.1) is 0 Å². The lowest BCUT2D eigenvalue weighted by Gasteiger charge is -2.20. The van der Waals surface area contributed by atoms with Crippen LogP contribution in [0.1, 0.15) is 19.8 Å². The molecule has 1 saturated carbocycles. The summed E-state index contributed by atoms with van der Waals surface area (Å²) < 4.78 is 9.67. The van der Waals surface area contributed by atoms with E-state index in [4.69, 9.17) is 21.1 Å². The number of ether oxygens (including phenoxy) is 2. The minimum atomic E-state index is -0.864. The molecule has 2 fully saturated rings. The van der Waals surface area contributed by atoms with E-state index >= 15 is 0 Å². The van der Waals surface area contributed by atoms with Crippen LogP contribution in [0, 0.1) is 5.92 Å². The fourth-order valence-electron chi connectivity index (χ4n) is 1.35. The molecule has 2 atom stereocenters. The zero-order valence-corrected chi connectivity index (χ0v) is 6.93. The van der Waals surface area contributed by atoms with E-state index in [2.05, 4.69) is 0 Å². The fourth-order valence-corrected chi connectivity index (χ4v) is 1.68. The van der Waals surface area contributed by atoms with Crippen LogP contribution in [0.15, 0.2) is 0 Å². The van der Waals surface area contributed by atoms with Crippen molar-refractivity contribution in [3.8, 4) is 0 Å². The summed E-state index contributed by atoms with van der Waals surface area (Å²) in [6.45, 7) is 1.76. The first-order chi connectivity index (χ1) is 5.13. The summed E-state index contributed by atoms with van der Waals surface area (Å²) in [6.07, 6.45) is 1.11. The summed E-state index contributed by atoms with van der Waals surface area (Å²) in [7, 11) is 0. The molecular weight excluding hydrogens is 168 g/mol. The van der Waals surface area contributed by atoms with Crippen LogP contribution in [0.4, 0.5) is 4.79 Å². The second-order valence-electron chi connectivity index (χ2n) is 3.08. The van der Waals surface area contributed by atoms with Gasteiger partial charge in [-0.25, -0.2) is 4.79 Å². The third-order valence-corrected chi connectivity index (χ3v) is 2.89. The molecule has 0 aromatic rings. The molecule has 0 aromatic heterocycles. The van der Waals surface area contributed by atoms with Crippen molar-refractivity contribution in [1.82, 2.24) is 0 Å². The van der Waals surface area contributed by atoms with Crippen molar-refractivity contribution in [1.29, 1.82) is 0 Å². The van der Waals surface area contributed by atoms with E-state index in [1.807, 2.05) is 0 Å². The van der Waals surface area contributed by atoms with E-state index < -0.39 is 11.2 Å². The van der Waals surface area contributed by atoms with Crippen LogP contribution in [-0.4, -0.2) is 17.3 Å². The zero-order chi connectivity index (χ0) is 8.06. The number of cyclic esters (lactones) is 2. The molecular formula is C7H9ClO3. The van der Waals surface area contributed by atoms with Gasteiger partial charge in [-0.2, -0.15) is 0 Å². The average molecular weight is 177 g/mol. The van der Waals surface area contributed by atoms with Crippen LogP contribution in [0.25, 0.3) is 0 Å². The SMILES string of the molecule is CC1OC(=O)OC1(Cl)C1CC1. The summed E-state index contributed by atoms with van der Waals surface area (Å²) in [4.78, 5) is 10.7. The average Bonchev–Trinajstić information content (AvgIpc) is 2.63. The van der Waals surface area contributed by atoms with Crippen LogP contribution in [0.3, 0.4) is 0 Å². The molecule has 1 aliphatic heterocycles. The van der Waals surface area contributed by atoms with Crippen molar-refractivity contribution >= 4 is 17.8 Å². The molecule has 0 radical (unpaired) electrons. The van der Waals surface area contributed by atoms with Crippen molar-refractivity contribution in [2.24, 2.45) is 5.92 Å². The van der Waals surface area contributed by atoms with E-state index in [-0.39, 0.29) is 6.10 Å². The quantitative estimate of drug-likeness (QED) is 0.452. The Labute approximate surface area is 69.6 Å². The Morgan fingerprint density at radius 3 is 2.64 bits per heavy atom. The molecule has 2 aliphatic rings. The van der Waals surface area contributed by atoms with E-state index in [9.17, 15) is 4.79 Å². The number of hydrogen-bond acceptors (Lipinski definition) is 3. The zero-order valence-electron chi connectivity index (χ0n) is 6.17. The molecule has 4 heteroatoms. The van der Waals surface area contributed by atoms with Gasteiger partial charge in [0.1, 0.15) is 0 Å². The number of hydrogen-bond donors (Lipinski definition) is 0. The molecule has 62 valence electrons. The first-order valence-electron chi connectivity index (χ1n) is 3.71. The Bertz CT molecular complexity index is 202. The molecule has 0 aromatic carbocycles. The lowest BCUT2D eigenvalue weighted by Crippen LogP contribution is -2.33. The lowest BCUT2D eigenvalue weighted by molar-refractivity contribution is 0.0898. The van der Waals surface area contributed by atoms with Gasteiger partial charge in [0.15, 0.2) is 6.10 Å². The van der Waals surface area contributed by atoms with Crippen LogP contribution in [-0.2, 0) is 9.47 Å². The Morgan fingerprint density at radius 2 is 2.27 bits per heavy atom. The molecule has 0 amide bonds. The van der Waals surface area contributed by atoms with Crippen molar-refractivity contribution in [2.45, 2.75) is 30.9 Å². The molecule has 0 spiro atoms. The minimum Gasteiger partial charge on any atom is -0.426 e. The van der Waals surface area contributed by atoms with E-state index in [0.29, 0.717) is 5.92 Å². The minimum absolute atomic E-state index is 0.297. The van der Waals surface area contributed by atoms with Gasteiger partial charge in [-0.05, 0) is 19.8 Å². The maximum absolute atomic E-state index is 10.7. The molecule has 2 rings (SSSR count). The molecule has 1 saturated heterocycles. The third-order valence-electron chi connectivity index (χ3n) is 2.20. The van der Waals surface area contributed by atoms with Crippen molar-refractivity contribution in [2.75, 3.05) is 0 Å². The fraction of sp³-hybridized carbons (Fsp3) is 0.857. The maximum Gasteiger partial charge on any atom is 0.510 e. The highest BCUT2D eigenvalue weighted by molar-refractivity contribution is 6.24.